The van der Waals surface area contributed by atoms with Gasteiger partial charge in [0.25, 0.3) is 0 Å². The zero-order chi connectivity index (χ0) is 14.6. The van der Waals surface area contributed by atoms with Gasteiger partial charge in [-0.15, -0.1) is 5.10 Å². The second-order valence-corrected chi connectivity index (χ2v) is 6.67. The van der Waals surface area contributed by atoms with Crippen molar-refractivity contribution < 1.29 is 13.2 Å². The summed E-state index contributed by atoms with van der Waals surface area (Å²) >= 11 is 1.52. The molecule has 1 aliphatic heterocycles. The Morgan fingerprint density at radius 3 is 2.81 bits per heavy atom. The van der Waals surface area contributed by atoms with Crippen LogP contribution in [-0.2, 0) is 0 Å². The lowest BCUT2D eigenvalue weighted by Gasteiger charge is -2.12. The monoisotopic (exact) mass is 311 g/mol. The fourth-order valence-corrected chi connectivity index (χ4v) is 3.52. The molecule has 0 spiro atoms. The van der Waals surface area contributed by atoms with Crippen LogP contribution in [0.25, 0.3) is 0 Å². The summed E-state index contributed by atoms with van der Waals surface area (Å²) in [6, 6.07) is 2.59. The average Bonchev–Trinajstić information content (AvgIpc) is 3.08. The van der Waals surface area contributed by atoms with Crippen LogP contribution in [0.2, 0.25) is 0 Å². The zero-order valence-electron chi connectivity index (χ0n) is 11.0. The minimum atomic E-state index is -1.29. The molecule has 0 amide bonds. The van der Waals surface area contributed by atoms with E-state index in [-0.39, 0.29) is 17.8 Å². The summed E-state index contributed by atoms with van der Waals surface area (Å²) in [7, 11) is 0. The highest BCUT2D eigenvalue weighted by atomic mass is 32.2. The molecular weight excluding hydrogens is 299 g/mol. The van der Waals surface area contributed by atoms with Gasteiger partial charge in [-0.05, 0) is 31.0 Å². The van der Waals surface area contributed by atoms with E-state index >= 15 is 0 Å². The second-order valence-electron chi connectivity index (χ2n) is 5.40. The van der Waals surface area contributed by atoms with Crippen LogP contribution in [0.15, 0.2) is 23.4 Å². The maximum absolute atomic E-state index is 14.1. The van der Waals surface area contributed by atoms with Crippen molar-refractivity contribution >= 4 is 11.8 Å². The molecule has 0 N–H and O–H groups in total. The predicted molar refractivity (Wildman–Crippen MR) is 71.9 cm³/mol. The minimum absolute atomic E-state index is 0.0457. The van der Waals surface area contributed by atoms with Crippen LogP contribution in [0.4, 0.5) is 13.2 Å². The summed E-state index contributed by atoms with van der Waals surface area (Å²) < 4.78 is 42.8. The summed E-state index contributed by atoms with van der Waals surface area (Å²) in [5, 5.41) is 5.32. The minimum Gasteiger partial charge on any atom is -0.239 e. The van der Waals surface area contributed by atoms with Gasteiger partial charge in [0.2, 0.25) is 5.16 Å². The summed E-state index contributed by atoms with van der Waals surface area (Å²) in [6.07, 6.45) is 0.994. The molecule has 1 fully saturated rings. The Hall–Kier alpha value is -1.50. The van der Waals surface area contributed by atoms with Gasteiger partial charge >= 0.3 is 0 Å². The van der Waals surface area contributed by atoms with Crippen LogP contribution in [0, 0.1) is 11.6 Å². The maximum Gasteiger partial charge on any atom is 0.209 e. The molecule has 7 heteroatoms. The first-order valence-corrected chi connectivity index (χ1v) is 7.72. The van der Waals surface area contributed by atoms with E-state index < -0.39 is 23.8 Å². The predicted octanol–water partition coefficient (Wildman–Crippen LogP) is 3.81. The Bertz CT molecular complexity index is 699. The Kier molecular flexibility index (Phi) is 2.99. The summed E-state index contributed by atoms with van der Waals surface area (Å²) in [5.74, 6) is -0.872. The molecular formula is C14H12F3N3S. The second kappa shape index (κ2) is 4.76. The lowest BCUT2D eigenvalue weighted by molar-refractivity contribution is 0.325. The van der Waals surface area contributed by atoms with Gasteiger partial charge in [-0.3, -0.25) is 0 Å². The van der Waals surface area contributed by atoms with Crippen LogP contribution in [0.5, 0.6) is 0 Å². The SMILES string of the molecule is Fc1ccc(F)c(C2CC(F)c3nc(SC4CC4)nn32)c1. The number of halogens is 3. The van der Waals surface area contributed by atoms with E-state index in [2.05, 4.69) is 10.1 Å². The molecule has 2 unspecified atom stereocenters. The number of benzene rings is 1. The van der Waals surface area contributed by atoms with Crippen molar-refractivity contribution in [1.82, 2.24) is 14.8 Å². The van der Waals surface area contributed by atoms with E-state index in [1.807, 2.05) is 0 Å². The van der Waals surface area contributed by atoms with Gasteiger partial charge in [-0.25, -0.2) is 22.8 Å². The van der Waals surface area contributed by atoms with Crippen molar-refractivity contribution in [2.75, 3.05) is 0 Å². The van der Waals surface area contributed by atoms with E-state index in [9.17, 15) is 13.2 Å². The van der Waals surface area contributed by atoms with Gasteiger partial charge in [0.1, 0.15) is 11.6 Å². The number of aromatic nitrogens is 3. The van der Waals surface area contributed by atoms with Crippen molar-refractivity contribution in [3.8, 4) is 0 Å². The number of fused-ring (bicyclic) bond motifs is 1. The summed E-state index contributed by atoms with van der Waals surface area (Å²) in [5.41, 5.74) is 0.129. The van der Waals surface area contributed by atoms with Gasteiger partial charge in [0, 0.05) is 17.2 Å². The van der Waals surface area contributed by atoms with E-state index in [0.29, 0.717) is 10.4 Å². The first kappa shape index (κ1) is 13.2. The molecule has 0 radical (unpaired) electrons. The molecule has 0 saturated heterocycles. The molecule has 4 rings (SSSR count). The molecule has 2 aliphatic rings. The molecule has 1 saturated carbocycles. The first-order valence-electron chi connectivity index (χ1n) is 6.84. The highest BCUT2D eigenvalue weighted by molar-refractivity contribution is 8.00. The Morgan fingerprint density at radius 2 is 2.05 bits per heavy atom. The van der Waals surface area contributed by atoms with Gasteiger partial charge in [-0.1, -0.05) is 11.8 Å². The van der Waals surface area contributed by atoms with E-state index in [4.69, 9.17) is 0 Å². The topological polar surface area (TPSA) is 30.7 Å². The number of hydrogen-bond acceptors (Lipinski definition) is 3. The quantitative estimate of drug-likeness (QED) is 0.863. The molecule has 3 nitrogen and oxygen atoms in total. The number of hydrogen-bond donors (Lipinski definition) is 0. The number of thioether (sulfide) groups is 1. The van der Waals surface area contributed by atoms with Gasteiger partial charge in [-0.2, -0.15) is 0 Å². The number of rotatable bonds is 3. The third-order valence-electron chi connectivity index (χ3n) is 3.76. The van der Waals surface area contributed by atoms with Crippen molar-refractivity contribution in [1.29, 1.82) is 0 Å². The van der Waals surface area contributed by atoms with Crippen molar-refractivity contribution in [3.63, 3.8) is 0 Å². The molecule has 110 valence electrons. The van der Waals surface area contributed by atoms with Gasteiger partial charge in [0.15, 0.2) is 12.0 Å². The summed E-state index contributed by atoms with van der Waals surface area (Å²) in [4.78, 5) is 4.20. The van der Waals surface area contributed by atoms with Crippen LogP contribution in [-0.4, -0.2) is 20.0 Å². The fourth-order valence-electron chi connectivity index (χ4n) is 2.57. The molecule has 1 aromatic heterocycles. The lowest BCUT2D eigenvalue weighted by Crippen LogP contribution is -2.10. The van der Waals surface area contributed by atoms with Crippen LogP contribution < -0.4 is 0 Å². The largest absolute Gasteiger partial charge is 0.239 e. The van der Waals surface area contributed by atoms with E-state index in [1.54, 1.807) is 0 Å². The third kappa shape index (κ3) is 2.33. The third-order valence-corrected chi connectivity index (χ3v) is 4.95. The standard InChI is InChI=1S/C14H12F3N3S/c15-7-1-4-10(16)9(5-7)12-6-11(17)13-18-14(19-20(12)13)21-8-2-3-8/h1,4-5,8,11-12H,2-3,6H2. The molecule has 1 aliphatic carbocycles. The van der Waals surface area contributed by atoms with Gasteiger partial charge < -0.3 is 0 Å². The summed E-state index contributed by atoms with van der Waals surface area (Å²) in [6.45, 7) is 0. The highest BCUT2D eigenvalue weighted by Crippen LogP contribution is 2.43. The van der Waals surface area contributed by atoms with Crippen LogP contribution >= 0.6 is 11.8 Å². The first-order chi connectivity index (χ1) is 10.1. The van der Waals surface area contributed by atoms with Crippen molar-refractivity contribution in [2.45, 2.75) is 41.9 Å². The molecule has 1 aromatic carbocycles. The maximum atomic E-state index is 14.1. The molecule has 2 atom stereocenters. The Labute approximate surface area is 123 Å². The smallest absolute Gasteiger partial charge is 0.209 e. The molecule has 21 heavy (non-hydrogen) atoms. The molecule has 2 heterocycles. The Morgan fingerprint density at radius 1 is 1.24 bits per heavy atom. The molecule has 0 bridgehead atoms. The fraction of sp³-hybridized carbons (Fsp3) is 0.429. The Balaban J connectivity index is 1.72. The normalized spacial score (nSPS) is 24.3. The number of alkyl halides is 1. The van der Waals surface area contributed by atoms with Crippen molar-refractivity contribution in [3.05, 3.63) is 41.2 Å². The van der Waals surface area contributed by atoms with Crippen LogP contribution in [0.3, 0.4) is 0 Å². The van der Waals surface area contributed by atoms with E-state index in [1.165, 1.54) is 16.4 Å². The number of nitrogens with zero attached hydrogens (tertiary/aromatic N) is 3. The van der Waals surface area contributed by atoms with Crippen molar-refractivity contribution in [2.24, 2.45) is 0 Å². The van der Waals surface area contributed by atoms with Gasteiger partial charge in [0.05, 0.1) is 6.04 Å². The molecule has 2 aromatic rings. The zero-order valence-corrected chi connectivity index (χ0v) is 11.8. The lowest BCUT2D eigenvalue weighted by atomic mass is 10.0. The highest BCUT2D eigenvalue weighted by Gasteiger charge is 2.37. The van der Waals surface area contributed by atoms with Crippen LogP contribution in [0.1, 0.15) is 42.9 Å². The average molecular weight is 311 g/mol. The van der Waals surface area contributed by atoms with E-state index in [0.717, 1.165) is 31.0 Å².